The molecule has 22 heavy (non-hydrogen) atoms. The van der Waals surface area contributed by atoms with Crippen LogP contribution in [-0.4, -0.2) is 49.2 Å². The van der Waals surface area contributed by atoms with Crippen molar-refractivity contribution in [1.82, 2.24) is 9.88 Å². The Bertz CT molecular complexity index is 679. The molecule has 0 bridgehead atoms. The van der Waals surface area contributed by atoms with Crippen molar-refractivity contribution in [3.63, 3.8) is 0 Å². The molecule has 0 N–H and O–H groups in total. The second kappa shape index (κ2) is 6.32. The number of piperidine rings is 1. The van der Waals surface area contributed by atoms with Gasteiger partial charge >= 0.3 is 0 Å². The van der Waals surface area contributed by atoms with Gasteiger partial charge in [0.25, 0.3) is 5.91 Å². The standard InChI is InChI=1S/C17H20N2O3/c1-21-13-7-9-19(10-8-13)17(20)16-5-3-12-11-14(22-2)4-6-15(12)18-16/h3-6,11,13H,7-10H2,1-2H3. The Morgan fingerprint density at radius 2 is 1.95 bits per heavy atom. The molecule has 0 spiro atoms. The normalized spacial score (nSPS) is 16.0. The summed E-state index contributed by atoms with van der Waals surface area (Å²) in [4.78, 5) is 18.9. The van der Waals surface area contributed by atoms with Crippen molar-refractivity contribution in [3.8, 4) is 5.75 Å². The Kier molecular flexibility index (Phi) is 4.24. The smallest absolute Gasteiger partial charge is 0.272 e. The third-order valence-corrected chi connectivity index (χ3v) is 4.18. The van der Waals surface area contributed by atoms with Gasteiger partial charge in [-0.25, -0.2) is 4.98 Å². The number of carbonyl (C=O) groups is 1. The van der Waals surface area contributed by atoms with Crippen LogP contribution in [0.15, 0.2) is 30.3 Å². The molecule has 116 valence electrons. The SMILES string of the molecule is COc1ccc2nc(C(=O)N3CCC(OC)CC3)ccc2c1. The number of benzene rings is 1. The van der Waals surface area contributed by atoms with Gasteiger partial charge in [0, 0.05) is 25.6 Å². The summed E-state index contributed by atoms with van der Waals surface area (Å²) in [5, 5.41) is 0.967. The maximum absolute atomic E-state index is 12.6. The monoisotopic (exact) mass is 300 g/mol. The van der Waals surface area contributed by atoms with Gasteiger partial charge in [-0.05, 0) is 37.1 Å². The highest BCUT2D eigenvalue weighted by Crippen LogP contribution is 2.21. The highest BCUT2D eigenvalue weighted by atomic mass is 16.5. The van der Waals surface area contributed by atoms with Gasteiger partial charge in [-0.1, -0.05) is 6.07 Å². The molecule has 1 aromatic heterocycles. The number of rotatable bonds is 3. The predicted octanol–water partition coefficient (Wildman–Crippen LogP) is 2.49. The molecule has 5 heteroatoms. The molecule has 1 aliphatic rings. The third-order valence-electron chi connectivity index (χ3n) is 4.18. The molecule has 0 radical (unpaired) electrons. The van der Waals surface area contributed by atoms with Crippen LogP contribution in [0.25, 0.3) is 10.9 Å². The lowest BCUT2D eigenvalue weighted by Crippen LogP contribution is -2.40. The first-order valence-electron chi connectivity index (χ1n) is 7.48. The van der Waals surface area contributed by atoms with Crippen LogP contribution < -0.4 is 4.74 Å². The molecule has 2 heterocycles. The summed E-state index contributed by atoms with van der Waals surface area (Å²) in [5.41, 5.74) is 1.30. The van der Waals surface area contributed by atoms with Crippen LogP contribution in [0.5, 0.6) is 5.75 Å². The molecule has 0 unspecified atom stereocenters. The quantitative estimate of drug-likeness (QED) is 0.874. The molecule has 2 aromatic rings. The second-order valence-electron chi connectivity index (χ2n) is 5.48. The zero-order valence-electron chi connectivity index (χ0n) is 12.9. The first-order valence-corrected chi connectivity index (χ1v) is 7.48. The molecule has 5 nitrogen and oxygen atoms in total. The fourth-order valence-electron chi connectivity index (χ4n) is 2.81. The van der Waals surface area contributed by atoms with Gasteiger partial charge in [-0.15, -0.1) is 0 Å². The van der Waals surface area contributed by atoms with E-state index >= 15 is 0 Å². The van der Waals surface area contributed by atoms with Crippen molar-refractivity contribution >= 4 is 16.8 Å². The van der Waals surface area contributed by atoms with E-state index in [2.05, 4.69) is 4.98 Å². The van der Waals surface area contributed by atoms with Gasteiger partial charge in [0.2, 0.25) is 0 Å². The molecule has 1 fully saturated rings. The van der Waals surface area contributed by atoms with E-state index in [0.29, 0.717) is 5.69 Å². The molecule has 1 aliphatic heterocycles. The van der Waals surface area contributed by atoms with Crippen LogP contribution in [0, 0.1) is 0 Å². The lowest BCUT2D eigenvalue weighted by Gasteiger charge is -2.31. The summed E-state index contributed by atoms with van der Waals surface area (Å²) in [6, 6.07) is 9.35. The number of ether oxygens (including phenoxy) is 2. The van der Waals surface area contributed by atoms with E-state index < -0.39 is 0 Å². The Morgan fingerprint density at radius 3 is 2.64 bits per heavy atom. The van der Waals surface area contributed by atoms with E-state index in [9.17, 15) is 4.79 Å². The molecule has 1 aromatic carbocycles. The van der Waals surface area contributed by atoms with E-state index in [1.54, 1.807) is 20.3 Å². The van der Waals surface area contributed by atoms with Crippen LogP contribution >= 0.6 is 0 Å². The number of fused-ring (bicyclic) bond motifs is 1. The van der Waals surface area contributed by atoms with Crippen molar-refractivity contribution in [3.05, 3.63) is 36.0 Å². The van der Waals surface area contributed by atoms with Crippen molar-refractivity contribution < 1.29 is 14.3 Å². The lowest BCUT2D eigenvalue weighted by atomic mass is 10.1. The Morgan fingerprint density at radius 1 is 1.18 bits per heavy atom. The summed E-state index contributed by atoms with van der Waals surface area (Å²) < 4.78 is 10.5. The molecular weight excluding hydrogens is 280 g/mol. The largest absolute Gasteiger partial charge is 0.497 e. The van der Waals surface area contributed by atoms with Crippen LogP contribution in [0.2, 0.25) is 0 Å². The Balaban J connectivity index is 1.79. The Hall–Kier alpha value is -2.14. The zero-order chi connectivity index (χ0) is 15.5. The maximum Gasteiger partial charge on any atom is 0.272 e. The molecule has 3 rings (SSSR count). The number of nitrogens with zero attached hydrogens (tertiary/aromatic N) is 2. The highest BCUT2D eigenvalue weighted by molar-refractivity contribution is 5.95. The number of methoxy groups -OCH3 is 2. The van der Waals surface area contributed by atoms with Crippen molar-refractivity contribution in [2.24, 2.45) is 0 Å². The van der Waals surface area contributed by atoms with Crippen LogP contribution in [0.4, 0.5) is 0 Å². The van der Waals surface area contributed by atoms with E-state index in [1.165, 1.54) is 0 Å². The first kappa shape index (κ1) is 14.8. The summed E-state index contributed by atoms with van der Waals surface area (Å²) in [5.74, 6) is 0.780. The van der Waals surface area contributed by atoms with Gasteiger partial charge in [0.1, 0.15) is 11.4 Å². The number of pyridine rings is 1. The van der Waals surface area contributed by atoms with Crippen molar-refractivity contribution in [1.29, 1.82) is 0 Å². The number of likely N-dealkylation sites (tertiary alicyclic amines) is 1. The van der Waals surface area contributed by atoms with Gasteiger partial charge in [0.15, 0.2) is 0 Å². The zero-order valence-corrected chi connectivity index (χ0v) is 12.9. The minimum Gasteiger partial charge on any atom is -0.497 e. The van der Waals surface area contributed by atoms with E-state index in [-0.39, 0.29) is 12.0 Å². The average Bonchev–Trinajstić information content (AvgIpc) is 2.60. The number of carbonyl (C=O) groups excluding carboxylic acids is 1. The van der Waals surface area contributed by atoms with E-state index in [0.717, 1.165) is 42.6 Å². The fourth-order valence-corrected chi connectivity index (χ4v) is 2.81. The van der Waals surface area contributed by atoms with Crippen molar-refractivity contribution in [2.45, 2.75) is 18.9 Å². The van der Waals surface area contributed by atoms with Crippen LogP contribution in [0.1, 0.15) is 23.3 Å². The van der Waals surface area contributed by atoms with E-state index in [4.69, 9.17) is 9.47 Å². The Labute approximate surface area is 129 Å². The van der Waals surface area contributed by atoms with E-state index in [1.807, 2.05) is 29.2 Å². The van der Waals surface area contributed by atoms with Gasteiger partial charge in [0.05, 0.1) is 18.7 Å². The summed E-state index contributed by atoms with van der Waals surface area (Å²) in [6.07, 6.45) is 2.03. The fraction of sp³-hybridized carbons (Fsp3) is 0.412. The number of amides is 1. The summed E-state index contributed by atoms with van der Waals surface area (Å²) >= 11 is 0. The third kappa shape index (κ3) is 2.90. The summed E-state index contributed by atoms with van der Waals surface area (Å²) in [7, 11) is 3.36. The van der Waals surface area contributed by atoms with Crippen LogP contribution in [-0.2, 0) is 4.74 Å². The molecule has 0 saturated carbocycles. The molecular formula is C17H20N2O3. The average molecular weight is 300 g/mol. The maximum atomic E-state index is 12.6. The number of aromatic nitrogens is 1. The minimum absolute atomic E-state index is 0.00716. The molecule has 0 aliphatic carbocycles. The van der Waals surface area contributed by atoms with Gasteiger partial charge in [-0.3, -0.25) is 4.79 Å². The number of hydrogen-bond acceptors (Lipinski definition) is 4. The van der Waals surface area contributed by atoms with Gasteiger partial charge < -0.3 is 14.4 Å². The second-order valence-corrected chi connectivity index (χ2v) is 5.48. The topological polar surface area (TPSA) is 51.7 Å². The summed E-state index contributed by atoms with van der Waals surface area (Å²) in [6.45, 7) is 1.44. The number of hydrogen-bond donors (Lipinski definition) is 0. The van der Waals surface area contributed by atoms with Gasteiger partial charge in [-0.2, -0.15) is 0 Å². The van der Waals surface area contributed by atoms with Crippen LogP contribution in [0.3, 0.4) is 0 Å². The van der Waals surface area contributed by atoms with Crippen molar-refractivity contribution in [2.75, 3.05) is 27.3 Å². The highest BCUT2D eigenvalue weighted by Gasteiger charge is 2.24. The molecule has 1 saturated heterocycles. The lowest BCUT2D eigenvalue weighted by molar-refractivity contribution is 0.0348. The molecule has 1 amide bonds. The predicted molar refractivity (Wildman–Crippen MR) is 84.2 cm³/mol. The molecule has 0 atom stereocenters. The minimum atomic E-state index is -0.00716. The first-order chi connectivity index (χ1) is 10.7.